The lowest BCUT2D eigenvalue weighted by atomic mass is 10.2. The lowest BCUT2D eigenvalue weighted by Gasteiger charge is -2.26. The predicted octanol–water partition coefficient (Wildman–Crippen LogP) is 1.82. The maximum absolute atomic E-state index is 12.0. The van der Waals surface area contributed by atoms with Crippen molar-refractivity contribution in [2.45, 2.75) is 46.1 Å². The zero-order valence-electron chi connectivity index (χ0n) is 14.0. The normalized spacial score (nSPS) is 15.6. The first-order valence-corrected chi connectivity index (χ1v) is 7.78. The Hall–Kier alpha value is -1.46. The molecule has 21 heavy (non-hydrogen) atoms. The van der Waals surface area contributed by atoms with Crippen LogP contribution in [0.5, 0.6) is 0 Å². The average Bonchev–Trinajstić information content (AvgIpc) is 3.20. The third kappa shape index (κ3) is 7.78. The summed E-state index contributed by atoms with van der Waals surface area (Å²) in [7, 11) is 1.76. The molecule has 0 saturated heterocycles. The quantitative estimate of drug-likeness (QED) is 0.580. The molecule has 1 aliphatic carbocycles. The van der Waals surface area contributed by atoms with E-state index in [1.807, 2.05) is 27.7 Å². The van der Waals surface area contributed by atoms with Crippen LogP contribution < -0.4 is 10.6 Å². The molecule has 0 aromatic rings. The van der Waals surface area contributed by atoms with E-state index in [2.05, 4.69) is 15.6 Å². The summed E-state index contributed by atoms with van der Waals surface area (Å²) in [5.74, 6) is 1.60. The van der Waals surface area contributed by atoms with Crippen molar-refractivity contribution in [2.24, 2.45) is 10.9 Å². The van der Waals surface area contributed by atoms with Gasteiger partial charge in [0.25, 0.3) is 0 Å². The largest absolute Gasteiger partial charge is 0.444 e. The number of carbonyl (C=O) groups excluding carboxylic acids is 1. The lowest BCUT2D eigenvalue weighted by molar-refractivity contribution is 0.0264. The van der Waals surface area contributed by atoms with E-state index in [1.165, 1.54) is 12.8 Å². The van der Waals surface area contributed by atoms with Crippen LogP contribution in [0.25, 0.3) is 0 Å². The average molecular weight is 298 g/mol. The van der Waals surface area contributed by atoms with Gasteiger partial charge in [-0.3, -0.25) is 4.99 Å². The Kier molecular flexibility index (Phi) is 6.78. The topological polar surface area (TPSA) is 66.0 Å². The first-order chi connectivity index (χ1) is 9.85. The van der Waals surface area contributed by atoms with Crippen LogP contribution >= 0.6 is 0 Å². The third-order valence-electron chi connectivity index (χ3n) is 3.19. The fourth-order valence-corrected chi connectivity index (χ4v) is 1.80. The number of ether oxygens (including phenoxy) is 1. The fourth-order valence-electron chi connectivity index (χ4n) is 1.80. The molecule has 0 bridgehead atoms. The minimum Gasteiger partial charge on any atom is -0.444 e. The highest BCUT2D eigenvalue weighted by Crippen LogP contribution is 2.27. The van der Waals surface area contributed by atoms with E-state index in [0.29, 0.717) is 19.6 Å². The van der Waals surface area contributed by atoms with Crippen LogP contribution in [0.3, 0.4) is 0 Å². The molecule has 2 N–H and O–H groups in total. The molecule has 0 aliphatic heterocycles. The first-order valence-electron chi connectivity index (χ1n) is 7.78. The number of hydrogen-bond acceptors (Lipinski definition) is 3. The van der Waals surface area contributed by atoms with E-state index < -0.39 is 5.60 Å². The van der Waals surface area contributed by atoms with Crippen molar-refractivity contribution in [2.75, 3.05) is 33.2 Å². The summed E-state index contributed by atoms with van der Waals surface area (Å²) in [5.41, 5.74) is -0.459. The second kappa shape index (κ2) is 8.10. The van der Waals surface area contributed by atoms with Crippen molar-refractivity contribution in [1.82, 2.24) is 15.5 Å². The van der Waals surface area contributed by atoms with Gasteiger partial charge >= 0.3 is 6.09 Å². The van der Waals surface area contributed by atoms with Gasteiger partial charge < -0.3 is 20.3 Å². The molecular formula is C15H30N4O2. The monoisotopic (exact) mass is 298 g/mol. The van der Waals surface area contributed by atoms with Gasteiger partial charge in [-0.15, -0.1) is 0 Å². The Morgan fingerprint density at radius 3 is 2.48 bits per heavy atom. The number of rotatable bonds is 6. The second-order valence-electron chi connectivity index (χ2n) is 6.38. The molecular weight excluding hydrogens is 268 g/mol. The summed E-state index contributed by atoms with van der Waals surface area (Å²) in [4.78, 5) is 17.8. The summed E-state index contributed by atoms with van der Waals surface area (Å²) in [6.45, 7) is 10.4. The molecule has 0 aromatic heterocycles. The minimum absolute atomic E-state index is 0.271. The van der Waals surface area contributed by atoms with E-state index in [1.54, 1.807) is 11.9 Å². The molecule has 1 amide bonds. The molecule has 0 heterocycles. The number of hydrogen-bond donors (Lipinski definition) is 2. The Bertz CT molecular complexity index is 359. The van der Waals surface area contributed by atoms with Crippen LogP contribution in [-0.4, -0.2) is 55.8 Å². The zero-order chi connectivity index (χ0) is 15.9. The highest BCUT2D eigenvalue weighted by atomic mass is 16.6. The maximum Gasteiger partial charge on any atom is 0.410 e. The highest BCUT2D eigenvalue weighted by molar-refractivity contribution is 5.79. The van der Waals surface area contributed by atoms with Gasteiger partial charge in [0.1, 0.15) is 5.60 Å². The zero-order valence-corrected chi connectivity index (χ0v) is 14.0. The van der Waals surface area contributed by atoms with E-state index in [-0.39, 0.29) is 6.09 Å². The SMILES string of the molecule is CCN(CCNC(=NC)NCC1CC1)C(=O)OC(C)(C)C. The van der Waals surface area contributed by atoms with Crippen molar-refractivity contribution >= 4 is 12.1 Å². The number of nitrogens with one attached hydrogen (secondary N) is 2. The van der Waals surface area contributed by atoms with Crippen LogP contribution in [0.1, 0.15) is 40.5 Å². The van der Waals surface area contributed by atoms with Gasteiger partial charge in [-0.2, -0.15) is 0 Å². The van der Waals surface area contributed by atoms with Gasteiger partial charge in [-0.25, -0.2) is 4.79 Å². The van der Waals surface area contributed by atoms with Crippen molar-refractivity contribution in [1.29, 1.82) is 0 Å². The molecule has 1 fully saturated rings. The van der Waals surface area contributed by atoms with Gasteiger partial charge in [0, 0.05) is 33.2 Å². The Labute approximate surface area is 128 Å². The van der Waals surface area contributed by atoms with Gasteiger partial charge in [-0.1, -0.05) is 0 Å². The minimum atomic E-state index is -0.459. The summed E-state index contributed by atoms with van der Waals surface area (Å²) >= 11 is 0. The summed E-state index contributed by atoms with van der Waals surface area (Å²) < 4.78 is 5.38. The van der Waals surface area contributed by atoms with Crippen LogP contribution in [0.15, 0.2) is 4.99 Å². The number of aliphatic imine (C=N–C) groups is 1. The highest BCUT2D eigenvalue weighted by Gasteiger charge is 2.22. The van der Waals surface area contributed by atoms with Crippen molar-refractivity contribution < 1.29 is 9.53 Å². The second-order valence-corrected chi connectivity index (χ2v) is 6.38. The number of nitrogens with zero attached hydrogens (tertiary/aromatic N) is 2. The van der Waals surface area contributed by atoms with Crippen molar-refractivity contribution in [3.05, 3.63) is 0 Å². The molecule has 0 aromatic carbocycles. The molecule has 1 aliphatic rings. The number of carbonyl (C=O) groups is 1. The van der Waals surface area contributed by atoms with E-state index in [0.717, 1.165) is 18.4 Å². The number of amides is 1. The van der Waals surface area contributed by atoms with Crippen molar-refractivity contribution in [3.63, 3.8) is 0 Å². The molecule has 6 heteroatoms. The predicted molar refractivity (Wildman–Crippen MR) is 85.6 cm³/mol. The molecule has 0 atom stereocenters. The molecule has 0 unspecified atom stereocenters. The third-order valence-corrected chi connectivity index (χ3v) is 3.19. The molecule has 1 saturated carbocycles. The Balaban J connectivity index is 2.27. The van der Waals surface area contributed by atoms with Crippen molar-refractivity contribution in [3.8, 4) is 0 Å². The van der Waals surface area contributed by atoms with E-state index >= 15 is 0 Å². The summed E-state index contributed by atoms with van der Waals surface area (Å²) in [5, 5.41) is 6.52. The van der Waals surface area contributed by atoms with Gasteiger partial charge in [0.2, 0.25) is 0 Å². The molecule has 6 nitrogen and oxygen atoms in total. The molecule has 0 radical (unpaired) electrons. The summed E-state index contributed by atoms with van der Waals surface area (Å²) in [6.07, 6.45) is 2.35. The van der Waals surface area contributed by atoms with E-state index in [4.69, 9.17) is 4.74 Å². The van der Waals surface area contributed by atoms with E-state index in [9.17, 15) is 4.79 Å². The molecule has 0 spiro atoms. The Morgan fingerprint density at radius 2 is 2.00 bits per heavy atom. The maximum atomic E-state index is 12.0. The van der Waals surface area contributed by atoms with Crippen LogP contribution in [0, 0.1) is 5.92 Å². The number of likely N-dealkylation sites (N-methyl/N-ethyl adjacent to an activating group) is 1. The molecule has 122 valence electrons. The standard InChI is InChI=1S/C15H30N4O2/c1-6-19(14(20)21-15(2,3)4)10-9-17-13(16-5)18-11-12-7-8-12/h12H,6-11H2,1-5H3,(H2,16,17,18). The van der Waals surface area contributed by atoms with Crippen LogP contribution in [-0.2, 0) is 4.74 Å². The van der Waals surface area contributed by atoms with Crippen LogP contribution in [0.2, 0.25) is 0 Å². The Morgan fingerprint density at radius 1 is 1.33 bits per heavy atom. The molecule has 1 rings (SSSR count). The van der Waals surface area contributed by atoms with Gasteiger partial charge in [0.15, 0.2) is 5.96 Å². The lowest BCUT2D eigenvalue weighted by Crippen LogP contribution is -2.44. The van der Waals surface area contributed by atoms with Crippen LogP contribution in [0.4, 0.5) is 4.79 Å². The summed E-state index contributed by atoms with van der Waals surface area (Å²) in [6, 6.07) is 0. The van der Waals surface area contributed by atoms with Gasteiger partial charge in [-0.05, 0) is 46.5 Å². The first kappa shape index (κ1) is 17.6. The smallest absolute Gasteiger partial charge is 0.410 e. The number of guanidine groups is 1. The fraction of sp³-hybridized carbons (Fsp3) is 0.867. The van der Waals surface area contributed by atoms with Gasteiger partial charge in [0.05, 0.1) is 0 Å².